The van der Waals surface area contributed by atoms with Crippen LogP contribution in [0.4, 0.5) is 0 Å². The first-order valence-electron chi connectivity index (χ1n) is 5.23. The smallest absolute Gasteiger partial charge is 0.326 e. The van der Waals surface area contributed by atoms with E-state index < -0.39 is 23.7 Å². The lowest BCUT2D eigenvalue weighted by atomic mass is 10.2. The zero-order chi connectivity index (χ0) is 12.4. The van der Waals surface area contributed by atoms with Gasteiger partial charge in [0.1, 0.15) is 6.04 Å². The molecule has 1 atom stereocenters. The fraction of sp³-hybridized carbons (Fsp3) is 0.364. The van der Waals surface area contributed by atoms with Crippen LogP contribution in [0.25, 0.3) is 0 Å². The molecule has 1 aliphatic rings. The molecular formula is C11H11NO4S. The Morgan fingerprint density at radius 3 is 2.76 bits per heavy atom. The van der Waals surface area contributed by atoms with E-state index in [0.29, 0.717) is 24.3 Å². The van der Waals surface area contributed by atoms with Gasteiger partial charge in [0.25, 0.3) is 11.7 Å². The number of amides is 1. The highest BCUT2D eigenvalue weighted by Gasteiger charge is 2.37. The molecule has 1 fully saturated rings. The van der Waals surface area contributed by atoms with Crippen molar-refractivity contribution in [2.75, 3.05) is 6.54 Å². The second-order valence-electron chi connectivity index (χ2n) is 3.80. The van der Waals surface area contributed by atoms with Gasteiger partial charge in [0, 0.05) is 6.54 Å². The number of ketones is 1. The molecule has 0 bridgehead atoms. The summed E-state index contributed by atoms with van der Waals surface area (Å²) in [7, 11) is 0. The first kappa shape index (κ1) is 11.8. The maximum absolute atomic E-state index is 11.9. The number of hydrogen-bond donors (Lipinski definition) is 1. The summed E-state index contributed by atoms with van der Waals surface area (Å²) in [4.78, 5) is 36.1. The Bertz CT molecular complexity index is 454. The molecular weight excluding hydrogens is 242 g/mol. The Hall–Kier alpha value is -1.69. The van der Waals surface area contributed by atoms with Crippen LogP contribution in [0.3, 0.4) is 0 Å². The molecule has 6 heteroatoms. The fourth-order valence-corrected chi connectivity index (χ4v) is 2.57. The molecule has 1 saturated heterocycles. The van der Waals surface area contributed by atoms with E-state index in [9.17, 15) is 14.4 Å². The number of hydrogen-bond acceptors (Lipinski definition) is 4. The summed E-state index contributed by atoms with van der Waals surface area (Å²) in [6, 6.07) is 2.40. The molecule has 0 aromatic carbocycles. The van der Waals surface area contributed by atoms with Gasteiger partial charge < -0.3 is 10.0 Å². The minimum absolute atomic E-state index is 0.340. The minimum Gasteiger partial charge on any atom is -0.480 e. The van der Waals surface area contributed by atoms with Crippen LogP contribution >= 0.6 is 11.3 Å². The lowest BCUT2D eigenvalue weighted by Crippen LogP contribution is -2.43. The Morgan fingerprint density at radius 2 is 2.18 bits per heavy atom. The molecule has 1 unspecified atom stereocenters. The second kappa shape index (κ2) is 4.67. The molecule has 1 amide bonds. The molecule has 17 heavy (non-hydrogen) atoms. The van der Waals surface area contributed by atoms with Crippen molar-refractivity contribution in [2.24, 2.45) is 0 Å². The van der Waals surface area contributed by atoms with E-state index in [1.807, 2.05) is 0 Å². The topological polar surface area (TPSA) is 74.7 Å². The van der Waals surface area contributed by atoms with E-state index in [0.717, 1.165) is 4.90 Å². The van der Waals surface area contributed by atoms with Crippen LogP contribution in [0.2, 0.25) is 0 Å². The van der Waals surface area contributed by atoms with Gasteiger partial charge in [-0.05, 0) is 24.3 Å². The van der Waals surface area contributed by atoms with E-state index in [1.165, 1.54) is 11.3 Å². The standard InChI is InChI=1S/C11H11NO4S/c13-9(8-4-2-6-17-8)10(14)12-5-1-3-7(12)11(15)16/h2,4,6-7H,1,3,5H2,(H,15,16). The summed E-state index contributed by atoms with van der Waals surface area (Å²) in [6.45, 7) is 0.340. The highest BCUT2D eigenvalue weighted by atomic mass is 32.1. The molecule has 0 spiro atoms. The summed E-state index contributed by atoms with van der Waals surface area (Å²) in [5, 5.41) is 10.6. The van der Waals surface area contributed by atoms with Crippen LogP contribution in [0, 0.1) is 0 Å². The number of carboxylic acids is 1. The lowest BCUT2D eigenvalue weighted by Gasteiger charge is -2.19. The summed E-state index contributed by atoms with van der Waals surface area (Å²) < 4.78 is 0. The summed E-state index contributed by atoms with van der Waals surface area (Å²) >= 11 is 1.18. The van der Waals surface area contributed by atoms with Gasteiger partial charge in [-0.15, -0.1) is 11.3 Å². The quantitative estimate of drug-likeness (QED) is 0.644. The first-order chi connectivity index (χ1) is 8.11. The third-order valence-electron chi connectivity index (χ3n) is 2.74. The van der Waals surface area contributed by atoms with Crippen molar-refractivity contribution in [1.82, 2.24) is 4.90 Å². The van der Waals surface area contributed by atoms with Gasteiger partial charge in [0.2, 0.25) is 0 Å². The molecule has 90 valence electrons. The molecule has 1 aliphatic heterocycles. The number of carbonyl (C=O) groups excluding carboxylic acids is 2. The maximum Gasteiger partial charge on any atom is 0.326 e. The Kier molecular flexibility index (Phi) is 3.23. The zero-order valence-corrected chi connectivity index (χ0v) is 9.77. The molecule has 5 nitrogen and oxygen atoms in total. The molecule has 2 rings (SSSR count). The third kappa shape index (κ3) is 2.21. The number of rotatable bonds is 3. The number of likely N-dealkylation sites (tertiary alicyclic amines) is 1. The Morgan fingerprint density at radius 1 is 1.41 bits per heavy atom. The maximum atomic E-state index is 11.9. The number of nitrogens with zero attached hydrogens (tertiary/aromatic N) is 1. The van der Waals surface area contributed by atoms with Crippen LogP contribution in [0.5, 0.6) is 0 Å². The number of carbonyl (C=O) groups is 3. The van der Waals surface area contributed by atoms with Crippen LogP contribution in [-0.2, 0) is 9.59 Å². The van der Waals surface area contributed by atoms with Gasteiger partial charge in [0.15, 0.2) is 0 Å². The van der Waals surface area contributed by atoms with Crippen LogP contribution in [-0.4, -0.2) is 40.3 Å². The Labute approximate surface area is 102 Å². The van der Waals surface area contributed by atoms with Crippen molar-refractivity contribution in [3.8, 4) is 0 Å². The van der Waals surface area contributed by atoms with Gasteiger partial charge in [-0.1, -0.05) is 6.07 Å². The predicted octanol–water partition coefficient (Wildman–Crippen LogP) is 1.01. The highest BCUT2D eigenvalue weighted by molar-refractivity contribution is 7.13. The van der Waals surface area contributed by atoms with Crippen molar-refractivity contribution >= 4 is 29.0 Å². The second-order valence-corrected chi connectivity index (χ2v) is 4.75. The molecule has 1 aromatic heterocycles. The van der Waals surface area contributed by atoms with Gasteiger partial charge in [-0.25, -0.2) is 4.79 Å². The molecule has 0 aliphatic carbocycles. The normalized spacial score (nSPS) is 19.3. The zero-order valence-electron chi connectivity index (χ0n) is 8.96. The number of thiophene rings is 1. The van der Waals surface area contributed by atoms with Crippen LogP contribution in [0.1, 0.15) is 22.5 Å². The average Bonchev–Trinajstić information content (AvgIpc) is 2.97. The summed E-state index contributed by atoms with van der Waals surface area (Å²) in [5.41, 5.74) is 0. The third-order valence-corrected chi connectivity index (χ3v) is 3.61. The molecule has 0 radical (unpaired) electrons. The van der Waals surface area contributed by atoms with E-state index in [-0.39, 0.29) is 0 Å². The average molecular weight is 253 g/mol. The van der Waals surface area contributed by atoms with Crippen LogP contribution < -0.4 is 0 Å². The number of aliphatic carboxylic acids is 1. The van der Waals surface area contributed by atoms with Gasteiger partial charge in [-0.3, -0.25) is 9.59 Å². The van der Waals surface area contributed by atoms with E-state index in [4.69, 9.17) is 5.11 Å². The molecule has 1 N–H and O–H groups in total. The Balaban J connectivity index is 2.15. The van der Waals surface area contributed by atoms with Gasteiger partial charge in [-0.2, -0.15) is 0 Å². The minimum atomic E-state index is -1.05. The molecule has 2 heterocycles. The summed E-state index contributed by atoms with van der Waals surface area (Å²) in [6.07, 6.45) is 1.04. The van der Waals surface area contributed by atoms with E-state index in [1.54, 1.807) is 17.5 Å². The van der Waals surface area contributed by atoms with Crippen molar-refractivity contribution in [3.63, 3.8) is 0 Å². The molecule has 1 aromatic rings. The van der Waals surface area contributed by atoms with Crippen LogP contribution in [0.15, 0.2) is 17.5 Å². The van der Waals surface area contributed by atoms with Crippen molar-refractivity contribution in [3.05, 3.63) is 22.4 Å². The van der Waals surface area contributed by atoms with Crippen molar-refractivity contribution < 1.29 is 19.5 Å². The number of Topliss-reactive ketones (excluding diaryl/α,β-unsaturated/α-hetero) is 1. The van der Waals surface area contributed by atoms with E-state index in [2.05, 4.69) is 0 Å². The first-order valence-corrected chi connectivity index (χ1v) is 6.11. The van der Waals surface area contributed by atoms with E-state index >= 15 is 0 Å². The number of carboxylic acid groups (broad SMARTS) is 1. The fourth-order valence-electron chi connectivity index (χ4n) is 1.91. The molecule has 0 saturated carbocycles. The predicted molar refractivity (Wildman–Crippen MR) is 61.0 cm³/mol. The van der Waals surface area contributed by atoms with Crippen molar-refractivity contribution in [2.45, 2.75) is 18.9 Å². The lowest BCUT2D eigenvalue weighted by molar-refractivity contribution is -0.146. The highest BCUT2D eigenvalue weighted by Crippen LogP contribution is 2.20. The SMILES string of the molecule is O=C(C(=O)N1CCCC1C(=O)O)c1cccs1. The van der Waals surface area contributed by atoms with Gasteiger partial charge in [0.05, 0.1) is 4.88 Å². The largest absolute Gasteiger partial charge is 0.480 e. The monoisotopic (exact) mass is 253 g/mol. The van der Waals surface area contributed by atoms with Gasteiger partial charge >= 0.3 is 5.97 Å². The van der Waals surface area contributed by atoms with Crippen molar-refractivity contribution in [1.29, 1.82) is 0 Å². The summed E-state index contributed by atoms with van der Waals surface area (Å²) in [5.74, 6) is -2.37.